The highest BCUT2D eigenvalue weighted by Gasteiger charge is 2.23. The lowest BCUT2D eigenvalue weighted by atomic mass is 9.98. The van der Waals surface area contributed by atoms with E-state index in [0.29, 0.717) is 22.0 Å². The highest BCUT2D eigenvalue weighted by atomic mass is 35.5. The number of likely N-dealkylation sites (N-methyl/N-ethyl adjacent to an activating group) is 1. The van der Waals surface area contributed by atoms with Crippen LogP contribution in [0.5, 0.6) is 0 Å². The number of hydrogen-bond donors (Lipinski definition) is 1. The molecule has 0 saturated carbocycles. The van der Waals surface area contributed by atoms with Gasteiger partial charge < -0.3 is 14.8 Å². The minimum absolute atomic E-state index is 0.148. The number of halogens is 1. The van der Waals surface area contributed by atoms with Gasteiger partial charge in [-0.1, -0.05) is 23.7 Å². The Morgan fingerprint density at radius 1 is 1.00 bits per heavy atom. The molecule has 1 saturated heterocycles. The fourth-order valence-electron chi connectivity index (χ4n) is 4.19. The first-order valence-electron chi connectivity index (χ1n) is 10.4. The van der Waals surface area contributed by atoms with Crippen molar-refractivity contribution in [3.63, 3.8) is 0 Å². The molecule has 6 nitrogen and oxygen atoms in total. The number of anilines is 1. The van der Waals surface area contributed by atoms with E-state index in [2.05, 4.69) is 46.1 Å². The van der Waals surface area contributed by atoms with Gasteiger partial charge in [0, 0.05) is 54.3 Å². The summed E-state index contributed by atoms with van der Waals surface area (Å²) in [6, 6.07) is 15.7. The maximum atomic E-state index is 13.1. The molecule has 5 rings (SSSR count). The van der Waals surface area contributed by atoms with E-state index in [4.69, 9.17) is 16.7 Å². The topological polar surface area (TPSA) is 57.2 Å². The highest BCUT2D eigenvalue weighted by Crippen LogP contribution is 2.34. The fraction of sp³-hybridized carbons (Fsp3) is 0.250. The molecule has 0 aliphatic carbocycles. The zero-order chi connectivity index (χ0) is 21.5. The van der Waals surface area contributed by atoms with Gasteiger partial charge in [-0.3, -0.25) is 4.79 Å². The van der Waals surface area contributed by atoms with Crippen LogP contribution in [-0.2, 0) is 0 Å². The Hall–Kier alpha value is -3.09. The van der Waals surface area contributed by atoms with Crippen molar-refractivity contribution in [3.05, 3.63) is 75.8 Å². The molecule has 3 heterocycles. The molecule has 3 aliphatic rings. The number of aromatic nitrogens is 3. The van der Waals surface area contributed by atoms with Crippen molar-refractivity contribution in [1.82, 2.24) is 19.7 Å². The molecule has 0 unspecified atom stereocenters. The van der Waals surface area contributed by atoms with E-state index in [0.717, 1.165) is 43.0 Å². The van der Waals surface area contributed by atoms with Crippen LogP contribution in [0.2, 0.25) is 5.02 Å². The first-order chi connectivity index (χ1) is 15.0. The Bertz CT molecular complexity index is 1250. The van der Waals surface area contributed by atoms with Gasteiger partial charge in [-0.2, -0.15) is 9.78 Å². The van der Waals surface area contributed by atoms with Crippen LogP contribution in [0.15, 0.2) is 59.5 Å². The van der Waals surface area contributed by atoms with Crippen molar-refractivity contribution in [2.24, 2.45) is 0 Å². The number of pyridine rings is 1. The van der Waals surface area contributed by atoms with Gasteiger partial charge in [0.05, 0.1) is 11.3 Å². The number of aryl methyl sites for hydroxylation is 1. The second kappa shape index (κ2) is 7.87. The van der Waals surface area contributed by atoms with E-state index < -0.39 is 0 Å². The summed E-state index contributed by atoms with van der Waals surface area (Å²) < 4.78 is 1.45. The summed E-state index contributed by atoms with van der Waals surface area (Å²) >= 11 is 6.01. The minimum atomic E-state index is -0.148. The van der Waals surface area contributed by atoms with Crippen LogP contribution in [0, 0.1) is 6.92 Å². The van der Waals surface area contributed by atoms with E-state index in [-0.39, 0.29) is 5.56 Å². The lowest BCUT2D eigenvalue weighted by molar-refractivity contribution is 0.313. The second-order valence-corrected chi connectivity index (χ2v) is 8.52. The van der Waals surface area contributed by atoms with Crippen LogP contribution in [0.25, 0.3) is 28.1 Å². The van der Waals surface area contributed by atoms with Crippen molar-refractivity contribution in [1.29, 1.82) is 0 Å². The molecule has 2 aromatic rings. The van der Waals surface area contributed by atoms with Crippen molar-refractivity contribution >= 4 is 17.3 Å². The van der Waals surface area contributed by atoms with Gasteiger partial charge in [-0.25, -0.2) is 0 Å². The second-order valence-electron chi connectivity index (χ2n) is 8.08. The molecule has 2 aromatic carbocycles. The van der Waals surface area contributed by atoms with Crippen molar-refractivity contribution in [2.45, 2.75) is 6.92 Å². The van der Waals surface area contributed by atoms with Gasteiger partial charge in [0.1, 0.15) is 5.69 Å². The molecular weight excluding hydrogens is 410 g/mol. The third-order valence-corrected chi connectivity index (χ3v) is 6.25. The zero-order valence-corrected chi connectivity index (χ0v) is 18.4. The van der Waals surface area contributed by atoms with E-state index in [1.165, 1.54) is 10.4 Å². The largest absolute Gasteiger partial charge is 0.369 e. The molecule has 158 valence electrons. The van der Waals surface area contributed by atoms with Gasteiger partial charge in [0.2, 0.25) is 0 Å². The molecule has 3 aliphatic heterocycles. The molecule has 0 bridgehead atoms. The van der Waals surface area contributed by atoms with Gasteiger partial charge in [-0.05, 0) is 55.9 Å². The van der Waals surface area contributed by atoms with E-state index in [1.54, 1.807) is 30.5 Å². The molecule has 0 atom stereocenters. The maximum absolute atomic E-state index is 13.1. The molecule has 0 aromatic heterocycles. The molecule has 1 N–H and O–H groups in total. The van der Waals surface area contributed by atoms with Crippen LogP contribution in [0.4, 0.5) is 5.69 Å². The monoisotopic (exact) mass is 433 g/mol. The smallest absolute Gasteiger partial charge is 0.282 e. The zero-order valence-electron chi connectivity index (χ0n) is 17.6. The Labute approximate surface area is 186 Å². The number of H-pyrrole nitrogens is 1. The summed E-state index contributed by atoms with van der Waals surface area (Å²) in [4.78, 5) is 21.1. The van der Waals surface area contributed by atoms with Crippen molar-refractivity contribution in [3.8, 4) is 28.1 Å². The van der Waals surface area contributed by atoms with Gasteiger partial charge in [0.15, 0.2) is 0 Å². The maximum Gasteiger partial charge on any atom is 0.282 e. The molecule has 0 spiro atoms. The number of aromatic amines is 1. The lowest BCUT2D eigenvalue weighted by Crippen LogP contribution is -2.44. The summed E-state index contributed by atoms with van der Waals surface area (Å²) in [6.07, 6.45) is 1.75. The number of nitrogens with one attached hydrogen (secondary N) is 1. The molecule has 7 heteroatoms. The van der Waals surface area contributed by atoms with Crippen molar-refractivity contribution in [2.75, 3.05) is 38.1 Å². The minimum Gasteiger partial charge on any atom is -0.369 e. The Kier molecular flexibility index (Phi) is 5.04. The van der Waals surface area contributed by atoms with Crippen molar-refractivity contribution < 1.29 is 0 Å². The highest BCUT2D eigenvalue weighted by molar-refractivity contribution is 6.30. The first kappa shape index (κ1) is 19.8. The summed E-state index contributed by atoms with van der Waals surface area (Å²) in [5, 5.41) is 5.35. The third kappa shape index (κ3) is 3.62. The summed E-state index contributed by atoms with van der Waals surface area (Å²) in [6.45, 7) is 6.13. The third-order valence-electron chi connectivity index (χ3n) is 6.00. The molecule has 0 amide bonds. The normalized spacial score (nSPS) is 15.0. The van der Waals surface area contributed by atoms with Crippen LogP contribution in [-0.4, -0.2) is 52.9 Å². The number of rotatable bonds is 3. The van der Waals surface area contributed by atoms with Gasteiger partial charge >= 0.3 is 0 Å². The average molecular weight is 434 g/mol. The van der Waals surface area contributed by atoms with E-state index >= 15 is 0 Å². The van der Waals surface area contributed by atoms with E-state index in [1.807, 2.05) is 6.92 Å². The predicted molar refractivity (Wildman–Crippen MR) is 126 cm³/mol. The van der Waals surface area contributed by atoms with Gasteiger partial charge in [0.25, 0.3) is 5.56 Å². The van der Waals surface area contributed by atoms with Crippen LogP contribution < -0.4 is 10.5 Å². The standard InChI is InChI=1S/C24H24ClN5O/c1-16-22(17-4-3-5-20(14-17)29-12-10-28(2)11-13-29)23-21(15-26-16)24(31)30(27-23)19-8-6-18(25)7-9-19/h3-9,14-15,26H,10-13H2,1-2H3. The summed E-state index contributed by atoms with van der Waals surface area (Å²) in [5.41, 5.74) is 6.00. The molecular formula is C24H24ClN5O. The lowest BCUT2D eigenvalue weighted by Gasteiger charge is -2.34. The molecule has 0 radical (unpaired) electrons. The summed E-state index contributed by atoms with van der Waals surface area (Å²) in [5.74, 6) is 0. The Balaban J connectivity index is 1.61. The number of piperazine rings is 1. The van der Waals surface area contributed by atoms with Crippen LogP contribution in [0.1, 0.15) is 5.69 Å². The number of fused-ring (bicyclic) bond motifs is 1. The first-order valence-corrected chi connectivity index (χ1v) is 10.8. The average Bonchev–Trinajstić information content (AvgIpc) is 3.11. The SMILES string of the molecule is Cc1[nH]cc2c(=O)n(-c3ccc(Cl)cc3)nc-2c1-c1cccc(N2CCN(C)CC2)c1. The molecule has 31 heavy (non-hydrogen) atoms. The Morgan fingerprint density at radius 2 is 1.74 bits per heavy atom. The fourth-order valence-corrected chi connectivity index (χ4v) is 4.32. The van der Waals surface area contributed by atoms with Crippen LogP contribution in [0.3, 0.4) is 0 Å². The Morgan fingerprint density at radius 3 is 2.48 bits per heavy atom. The quantitative estimate of drug-likeness (QED) is 0.529. The van der Waals surface area contributed by atoms with Crippen LogP contribution >= 0.6 is 11.6 Å². The van der Waals surface area contributed by atoms with Gasteiger partial charge in [-0.15, -0.1) is 0 Å². The number of nitrogens with zero attached hydrogens (tertiary/aromatic N) is 4. The number of hydrogen-bond acceptors (Lipinski definition) is 4. The van der Waals surface area contributed by atoms with E-state index in [9.17, 15) is 4.79 Å². The predicted octanol–water partition coefficient (Wildman–Crippen LogP) is 4.05. The summed E-state index contributed by atoms with van der Waals surface area (Å²) in [7, 11) is 2.16. The molecule has 1 fully saturated rings. The number of benzene rings is 2.